The van der Waals surface area contributed by atoms with Gasteiger partial charge in [0.25, 0.3) is 0 Å². The number of ether oxygens (including phenoxy) is 2. The summed E-state index contributed by atoms with van der Waals surface area (Å²) in [4.78, 5) is 42.9. The number of unbranched alkanes of at least 4 members (excludes halogenated alkanes) is 22. The molecule has 314 valence electrons. The van der Waals surface area contributed by atoms with Crippen LogP contribution < -0.4 is 0 Å². The van der Waals surface area contributed by atoms with Crippen molar-refractivity contribution in [3.8, 4) is 0 Å². The Labute approximate surface area is 331 Å². The van der Waals surface area contributed by atoms with Gasteiger partial charge in [0, 0.05) is 12.8 Å². The first-order valence-corrected chi connectivity index (χ1v) is 23.5. The highest BCUT2D eigenvalue weighted by Crippen LogP contribution is 2.36. The van der Waals surface area contributed by atoms with Crippen LogP contribution in [0.4, 0.5) is 0 Å². The van der Waals surface area contributed by atoms with E-state index in [0.717, 1.165) is 38.5 Å². The summed E-state index contributed by atoms with van der Waals surface area (Å²) in [7, 11) is -4.77. The van der Waals surface area contributed by atoms with E-state index < -0.39 is 32.5 Å². The van der Waals surface area contributed by atoms with Crippen molar-refractivity contribution >= 4 is 19.8 Å². The minimum absolute atomic E-state index is 0.137. The van der Waals surface area contributed by atoms with E-state index in [0.29, 0.717) is 12.8 Å². The van der Waals surface area contributed by atoms with Gasteiger partial charge < -0.3 is 19.3 Å². The number of esters is 2. The normalized spacial score (nSPS) is 12.9. The van der Waals surface area contributed by atoms with Crippen molar-refractivity contribution in [3.63, 3.8) is 0 Å². The maximum Gasteiger partial charge on any atom is 0.469 e. The molecule has 0 saturated carbocycles. The Hall–Kier alpha value is -1.99. The summed E-state index contributed by atoms with van der Waals surface area (Å²) < 4.78 is 26.4. The molecule has 0 fully saturated rings. The zero-order valence-electron chi connectivity index (χ0n) is 34.6. The number of phosphoric acid groups is 1. The Morgan fingerprint density at radius 1 is 0.481 bits per heavy atom. The molecule has 0 aromatic carbocycles. The van der Waals surface area contributed by atoms with Gasteiger partial charge in [0.1, 0.15) is 6.61 Å². The van der Waals surface area contributed by atoms with Gasteiger partial charge in [-0.2, -0.15) is 0 Å². The first-order valence-electron chi connectivity index (χ1n) is 21.9. The molecule has 0 radical (unpaired) electrons. The fraction of sp³-hybridized carbons (Fsp3) is 0.778. The van der Waals surface area contributed by atoms with Crippen molar-refractivity contribution < 1.29 is 37.9 Å². The van der Waals surface area contributed by atoms with Crippen molar-refractivity contribution in [3.05, 3.63) is 48.6 Å². The Bertz CT molecular complexity index is 1020. The van der Waals surface area contributed by atoms with E-state index in [1.807, 2.05) is 6.08 Å². The highest BCUT2D eigenvalue weighted by atomic mass is 31.2. The van der Waals surface area contributed by atoms with Crippen LogP contribution in [0.15, 0.2) is 48.6 Å². The molecule has 54 heavy (non-hydrogen) atoms. The molecule has 0 bridgehead atoms. The lowest BCUT2D eigenvalue weighted by Gasteiger charge is -2.18. The summed E-state index contributed by atoms with van der Waals surface area (Å²) in [6.45, 7) is 3.63. The Kier molecular flexibility index (Phi) is 39.2. The van der Waals surface area contributed by atoms with Crippen LogP contribution in [0.3, 0.4) is 0 Å². The largest absolute Gasteiger partial charge is 0.469 e. The first-order chi connectivity index (χ1) is 26.3. The lowest BCUT2D eigenvalue weighted by atomic mass is 10.0. The van der Waals surface area contributed by atoms with Gasteiger partial charge in [0.05, 0.1) is 6.61 Å². The molecule has 0 aliphatic carbocycles. The average Bonchev–Trinajstić information content (AvgIpc) is 3.14. The number of carbonyl (C=O) groups excluding carboxylic acids is 2. The zero-order valence-corrected chi connectivity index (χ0v) is 35.5. The number of hydrogen-bond acceptors (Lipinski definition) is 6. The van der Waals surface area contributed by atoms with Crippen LogP contribution in [0.5, 0.6) is 0 Å². The van der Waals surface area contributed by atoms with E-state index in [1.165, 1.54) is 128 Å². The molecule has 1 atom stereocenters. The number of allylic oxidation sites excluding steroid dienone is 8. The lowest BCUT2D eigenvalue weighted by Crippen LogP contribution is -2.29. The van der Waals surface area contributed by atoms with E-state index in [2.05, 4.69) is 60.9 Å². The van der Waals surface area contributed by atoms with Gasteiger partial charge >= 0.3 is 19.8 Å². The minimum Gasteiger partial charge on any atom is -0.462 e. The van der Waals surface area contributed by atoms with E-state index in [1.54, 1.807) is 0 Å². The molecule has 0 amide bonds. The topological polar surface area (TPSA) is 119 Å². The fourth-order valence-corrected chi connectivity index (χ4v) is 6.43. The molecule has 2 N–H and O–H groups in total. The molecular formula is C45H81O8P. The lowest BCUT2D eigenvalue weighted by molar-refractivity contribution is -0.161. The number of hydrogen-bond donors (Lipinski definition) is 2. The van der Waals surface area contributed by atoms with Crippen molar-refractivity contribution in [2.75, 3.05) is 13.2 Å². The van der Waals surface area contributed by atoms with E-state index in [9.17, 15) is 14.2 Å². The SMILES string of the molecule is CCCCC/C=C\C/C=C\C/C=C\C/C=C\CCCC(=O)O[C@H](COC(=O)CCCCCCCCCCCCCCCCCCCCC)COP(=O)(O)O. The number of carbonyl (C=O) groups is 2. The van der Waals surface area contributed by atoms with Gasteiger partial charge in [0.2, 0.25) is 0 Å². The Balaban J connectivity index is 3.96. The molecule has 0 spiro atoms. The third-order valence-corrected chi connectivity index (χ3v) is 9.84. The molecule has 0 aromatic rings. The monoisotopic (exact) mass is 781 g/mol. The second kappa shape index (κ2) is 40.7. The summed E-state index contributed by atoms with van der Waals surface area (Å²) in [6.07, 6.45) is 49.8. The van der Waals surface area contributed by atoms with E-state index in [-0.39, 0.29) is 19.4 Å². The fourth-order valence-electron chi connectivity index (χ4n) is 6.07. The van der Waals surface area contributed by atoms with Crippen LogP contribution >= 0.6 is 7.82 Å². The molecule has 0 aliphatic heterocycles. The predicted octanol–water partition coefficient (Wildman–Crippen LogP) is 13.5. The van der Waals surface area contributed by atoms with Crippen LogP contribution in [-0.2, 0) is 28.2 Å². The average molecular weight is 781 g/mol. The number of phosphoric ester groups is 1. The second-order valence-electron chi connectivity index (χ2n) is 14.7. The van der Waals surface area contributed by atoms with Crippen LogP contribution in [0.1, 0.15) is 206 Å². The van der Waals surface area contributed by atoms with Gasteiger partial charge in [-0.15, -0.1) is 0 Å². The number of rotatable bonds is 40. The van der Waals surface area contributed by atoms with Gasteiger partial charge in [-0.1, -0.05) is 191 Å². The van der Waals surface area contributed by atoms with Crippen molar-refractivity contribution in [1.82, 2.24) is 0 Å². The second-order valence-corrected chi connectivity index (χ2v) is 15.9. The molecule has 0 heterocycles. The van der Waals surface area contributed by atoms with Crippen molar-refractivity contribution in [1.29, 1.82) is 0 Å². The maximum absolute atomic E-state index is 12.4. The quantitative estimate of drug-likeness (QED) is 0.0273. The summed E-state index contributed by atoms with van der Waals surface area (Å²) in [5, 5.41) is 0. The highest BCUT2D eigenvalue weighted by molar-refractivity contribution is 7.46. The molecule has 0 rings (SSSR count). The molecule has 0 unspecified atom stereocenters. The summed E-state index contributed by atoms with van der Waals surface area (Å²) in [6, 6.07) is 0. The summed E-state index contributed by atoms with van der Waals surface area (Å²) in [5.74, 6) is -0.945. The zero-order chi connectivity index (χ0) is 39.6. The standard InChI is InChI=1S/C45H81O8P/c1-3-5-7-9-11-13-15-17-19-21-22-24-25-27-29-31-33-35-37-39-44(46)51-41-43(42-52-54(48,49)50)53-45(47)40-38-36-34-32-30-28-26-23-20-18-16-14-12-10-8-6-4-2/h12,14,18,20,26,28,32,34,43H,3-11,13,15-17,19,21-25,27,29-31,33,35-42H2,1-2H3,(H2,48,49,50)/b14-12-,20-18-,28-26-,34-32-/t43-/m1/s1. The van der Waals surface area contributed by atoms with Crippen LogP contribution in [0, 0.1) is 0 Å². The maximum atomic E-state index is 12.4. The molecule has 0 aromatic heterocycles. The van der Waals surface area contributed by atoms with E-state index in [4.69, 9.17) is 19.3 Å². The third kappa shape index (κ3) is 42.7. The molecule has 0 aliphatic rings. The molecular weight excluding hydrogens is 699 g/mol. The first kappa shape index (κ1) is 52.0. The molecule has 9 heteroatoms. The van der Waals surface area contributed by atoms with Crippen molar-refractivity contribution in [2.24, 2.45) is 0 Å². The highest BCUT2D eigenvalue weighted by Gasteiger charge is 2.22. The van der Waals surface area contributed by atoms with Gasteiger partial charge in [0.15, 0.2) is 6.10 Å². The van der Waals surface area contributed by atoms with Gasteiger partial charge in [-0.25, -0.2) is 4.57 Å². The van der Waals surface area contributed by atoms with Gasteiger partial charge in [-0.05, 0) is 51.4 Å². The Morgan fingerprint density at radius 3 is 1.30 bits per heavy atom. The van der Waals surface area contributed by atoms with Crippen LogP contribution in [-0.4, -0.2) is 41.0 Å². The van der Waals surface area contributed by atoms with Crippen LogP contribution in [0.2, 0.25) is 0 Å². The third-order valence-electron chi connectivity index (χ3n) is 9.35. The summed E-state index contributed by atoms with van der Waals surface area (Å²) in [5.41, 5.74) is 0. The smallest absolute Gasteiger partial charge is 0.462 e. The predicted molar refractivity (Wildman–Crippen MR) is 225 cm³/mol. The minimum atomic E-state index is -4.77. The molecule has 0 saturated heterocycles. The van der Waals surface area contributed by atoms with Crippen molar-refractivity contribution in [2.45, 2.75) is 213 Å². The van der Waals surface area contributed by atoms with Gasteiger partial charge in [-0.3, -0.25) is 14.1 Å². The Morgan fingerprint density at radius 2 is 0.852 bits per heavy atom. The van der Waals surface area contributed by atoms with Crippen LogP contribution in [0.25, 0.3) is 0 Å². The van der Waals surface area contributed by atoms with E-state index >= 15 is 0 Å². The molecule has 8 nitrogen and oxygen atoms in total. The summed E-state index contributed by atoms with van der Waals surface area (Å²) >= 11 is 0.